The molecule has 0 fully saturated rings. The van der Waals surface area contributed by atoms with Gasteiger partial charge in [0.1, 0.15) is 11.4 Å². The quantitative estimate of drug-likeness (QED) is 0.738. The maximum atomic E-state index is 9.72. The molecule has 0 atom stereocenters. The fraction of sp³-hybridized carbons (Fsp3) is 0.154. The van der Waals surface area contributed by atoms with Crippen LogP contribution in [0, 0.1) is 10.5 Å². The van der Waals surface area contributed by atoms with Gasteiger partial charge >= 0.3 is 0 Å². The summed E-state index contributed by atoms with van der Waals surface area (Å²) in [4.78, 5) is 4.31. The van der Waals surface area contributed by atoms with Crippen LogP contribution in [0.25, 0.3) is 0 Å². The highest BCUT2D eigenvalue weighted by Gasteiger charge is 2.05. The lowest BCUT2D eigenvalue weighted by Crippen LogP contribution is -2.03. The van der Waals surface area contributed by atoms with Crippen LogP contribution in [0.3, 0.4) is 0 Å². The number of halogens is 2. The number of hydrogen-bond acceptors (Lipinski definition) is 3. The summed E-state index contributed by atoms with van der Waals surface area (Å²) in [6.07, 6.45) is 0. The summed E-state index contributed by atoms with van der Waals surface area (Å²) in [5, 5.41) is 13.0. The third-order valence-electron chi connectivity index (χ3n) is 2.46. The Bertz CT molecular complexity index is 523. The summed E-state index contributed by atoms with van der Waals surface area (Å²) in [5.74, 6) is 0.217. The summed E-state index contributed by atoms with van der Waals surface area (Å²) in [7, 11) is 0. The molecule has 0 radical (unpaired) electrons. The Morgan fingerprint density at radius 1 is 1.33 bits per heavy atom. The Balaban J connectivity index is 2.16. The van der Waals surface area contributed by atoms with Crippen LogP contribution in [0.15, 0.2) is 34.8 Å². The van der Waals surface area contributed by atoms with E-state index in [1.54, 1.807) is 12.1 Å². The Morgan fingerprint density at radius 3 is 2.89 bits per heavy atom. The van der Waals surface area contributed by atoms with E-state index in [1.807, 2.05) is 25.1 Å². The maximum absolute atomic E-state index is 9.72. The average molecular weight is 419 g/mol. The number of pyridine rings is 1. The summed E-state index contributed by atoms with van der Waals surface area (Å²) in [6, 6.07) is 9.52. The minimum Gasteiger partial charge on any atom is -0.506 e. The normalized spacial score (nSPS) is 10.4. The summed E-state index contributed by atoms with van der Waals surface area (Å²) >= 11 is 5.75. The van der Waals surface area contributed by atoms with Crippen molar-refractivity contribution in [2.75, 3.05) is 5.32 Å². The van der Waals surface area contributed by atoms with Gasteiger partial charge in [-0.2, -0.15) is 0 Å². The second-order valence-electron chi connectivity index (χ2n) is 3.90. The van der Waals surface area contributed by atoms with Crippen molar-refractivity contribution in [2.24, 2.45) is 0 Å². The van der Waals surface area contributed by atoms with Crippen molar-refractivity contribution in [3.8, 4) is 5.75 Å². The standard InChI is InChI=1S/C13H12BrIN2O/c1-8-2-5-13(18)12(17-8)7-16-11-6-9(15)3-4-10(11)14/h2-6,16,18H,7H2,1H3. The lowest BCUT2D eigenvalue weighted by Gasteiger charge is -2.10. The average Bonchev–Trinajstić information content (AvgIpc) is 2.34. The van der Waals surface area contributed by atoms with Gasteiger partial charge in [0, 0.05) is 19.4 Å². The molecule has 1 aromatic heterocycles. The molecule has 0 unspecified atom stereocenters. The molecule has 2 rings (SSSR count). The second-order valence-corrected chi connectivity index (χ2v) is 6.00. The SMILES string of the molecule is Cc1ccc(O)c(CNc2cc(I)ccc2Br)n1. The van der Waals surface area contributed by atoms with Crippen LogP contribution in [0.2, 0.25) is 0 Å². The van der Waals surface area contributed by atoms with Crippen molar-refractivity contribution in [2.45, 2.75) is 13.5 Å². The van der Waals surface area contributed by atoms with Crippen LogP contribution in [0.4, 0.5) is 5.69 Å². The van der Waals surface area contributed by atoms with E-state index in [0.29, 0.717) is 12.2 Å². The van der Waals surface area contributed by atoms with Gasteiger partial charge in [-0.05, 0) is 75.8 Å². The molecule has 18 heavy (non-hydrogen) atoms. The van der Waals surface area contributed by atoms with E-state index >= 15 is 0 Å². The van der Waals surface area contributed by atoms with Gasteiger partial charge in [0.15, 0.2) is 0 Å². The van der Waals surface area contributed by atoms with Crippen molar-refractivity contribution < 1.29 is 5.11 Å². The van der Waals surface area contributed by atoms with E-state index in [4.69, 9.17) is 0 Å². The first-order valence-corrected chi connectivity index (χ1v) is 7.28. The van der Waals surface area contributed by atoms with Crippen LogP contribution >= 0.6 is 38.5 Å². The van der Waals surface area contributed by atoms with Gasteiger partial charge < -0.3 is 10.4 Å². The fourth-order valence-corrected chi connectivity index (χ4v) is 2.42. The number of aryl methyl sites for hydroxylation is 1. The predicted octanol–water partition coefficient (Wildman–Crippen LogP) is 4.07. The topological polar surface area (TPSA) is 45.1 Å². The predicted molar refractivity (Wildman–Crippen MR) is 84.8 cm³/mol. The number of rotatable bonds is 3. The number of aromatic nitrogens is 1. The zero-order valence-electron chi connectivity index (χ0n) is 9.74. The Kier molecular flexibility index (Phi) is 4.45. The molecule has 1 aromatic carbocycles. The molecule has 5 heteroatoms. The third-order valence-corrected chi connectivity index (χ3v) is 3.83. The molecular formula is C13H12BrIN2O. The van der Waals surface area contributed by atoms with E-state index in [0.717, 1.165) is 19.4 Å². The summed E-state index contributed by atoms with van der Waals surface area (Å²) in [6.45, 7) is 2.40. The smallest absolute Gasteiger partial charge is 0.138 e. The van der Waals surface area contributed by atoms with Gasteiger partial charge in [-0.3, -0.25) is 4.98 Å². The molecule has 0 amide bonds. The van der Waals surface area contributed by atoms with Crippen LogP contribution < -0.4 is 5.32 Å². The largest absolute Gasteiger partial charge is 0.506 e. The van der Waals surface area contributed by atoms with Gasteiger partial charge in [0.25, 0.3) is 0 Å². The third kappa shape index (κ3) is 3.35. The maximum Gasteiger partial charge on any atom is 0.138 e. The molecule has 0 aliphatic carbocycles. The number of nitrogens with zero attached hydrogens (tertiary/aromatic N) is 1. The van der Waals surface area contributed by atoms with Crippen LogP contribution in [-0.2, 0) is 6.54 Å². The van der Waals surface area contributed by atoms with E-state index in [9.17, 15) is 5.11 Å². The molecule has 3 nitrogen and oxygen atoms in total. The fourth-order valence-electron chi connectivity index (χ4n) is 1.55. The molecule has 2 aromatic rings. The summed E-state index contributed by atoms with van der Waals surface area (Å²) < 4.78 is 2.15. The first-order chi connectivity index (χ1) is 8.56. The van der Waals surface area contributed by atoms with Crippen molar-refractivity contribution in [1.82, 2.24) is 4.98 Å². The minimum absolute atomic E-state index is 0.217. The van der Waals surface area contributed by atoms with E-state index in [2.05, 4.69) is 48.8 Å². The monoisotopic (exact) mass is 418 g/mol. The highest BCUT2D eigenvalue weighted by atomic mass is 127. The zero-order chi connectivity index (χ0) is 13.1. The minimum atomic E-state index is 0.217. The Morgan fingerprint density at radius 2 is 2.11 bits per heavy atom. The number of nitrogens with one attached hydrogen (secondary N) is 1. The van der Waals surface area contributed by atoms with E-state index < -0.39 is 0 Å². The molecule has 2 N–H and O–H groups in total. The van der Waals surface area contributed by atoms with Gasteiger partial charge in [0.2, 0.25) is 0 Å². The molecular weight excluding hydrogens is 407 g/mol. The van der Waals surface area contributed by atoms with E-state index in [1.165, 1.54) is 0 Å². The Labute approximate surface area is 128 Å². The van der Waals surface area contributed by atoms with Crippen molar-refractivity contribution in [1.29, 1.82) is 0 Å². The molecule has 0 spiro atoms. The number of anilines is 1. The molecule has 0 saturated heterocycles. The van der Waals surface area contributed by atoms with Gasteiger partial charge in [-0.15, -0.1) is 0 Å². The van der Waals surface area contributed by atoms with Crippen molar-refractivity contribution in [3.05, 3.63) is 49.8 Å². The molecule has 0 saturated carbocycles. The van der Waals surface area contributed by atoms with Gasteiger partial charge in [-0.1, -0.05) is 0 Å². The van der Waals surface area contributed by atoms with Crippen molar-refractivity contribution >= 4 is 44.2 Å². The first kappa shape index (κ1) is 13.6. The lowest BCUT2D eigenvalue weighted by molar-refractivity contribution is 0.464. The van der Waals surface area contributed by atoms with Crippen LogP contribution in [0.5, 0.6) is 5.75 Å². The summed E-state index contributed by atoms with van der Waals surface area (Å²) in [5.41, 5.74) is 2.54. The molecule has 0 aliphatic heterocycles. The molecule has 1 heterocycles. The molecule has 0 aliphatic rings. The first-order valence-electron chi connectivity index (χ1n) is 5.40. The lowest BCUT2D eigenvalue weighted by atomic mass is 10.2. The highest BCUT2D eigenvalue weighted by molar-refractivity contribution is 14.1. The molecule has 0 bridgehead atoms. The van der Waals surface area contributed by atoms with Crippen LogP contribution in [0.1, 0.15) is 11.4 Å². The number of benzene rings is 1. The van der Waals surface area contributed by atoms with Gasteiger partial charge in [0.05, 0.1) is 6.54 Å². The van der Waals surface area contributed by atoms with Gasteiger partial charge in [-0.25, -0.2) is 0 Å². The number of aromatic hydroxyl groups is 1. The Hall–Kier alpha value is -0.820. The zero-order valence-corrected chi connectivity index (χ0v) is 13.5. The second kappa shape index (κ2) is 5.88. The highest BCUT2D eigenvalue weighted by Crippen LogP contribution is 2.25. The molecule has 94 valence electrons. The van der Waals surface area contributed by atoms with E-state index in [-0.39, 0.29) is 5.75 Å². The van der Waals surface area contributed by atoms with Crippen molar-refractivity contribution in [3.63, 3.8) is 0 Å². The number of hydrogen-bond donors (Lipinski definition) is 2. The van der Waals surface area contributed by atoms with Crippen LogP contribution in [-0.4, -0.2) is 10.1 Å².